The van der Waals surface area contributed by atoms with Gasteiger partial charge in [-0.15, -0.1) is 0 Å². The Kier molecular flexibility index (Phi) is 5.90. The Morgan fingerprint density at radius 1 is 0.938 bits per heavy atom. The van der Waals surface area contributed by atoms with Crippen LogP contribution in [0.25, 0.3) is 11.6 Å². The summed E-state index contributed by atoms with van der Waals surface area (Å²) >= 11 is 0. The third kappa shape index (κ3) is 4.61. The van der Waals surface area contributed by atoms with E-state index in [2.05, 4.69) is 5.32 Å². The molecule has 164 valence electrons. The highest BCUT2D eigenvalue weighted by molar-refractivity contribution is 6.34. The zero-order valence-corrected chi connectivity index (χ0v) is 17.2. The average Bonchev–Trinajstić information content (AvgIpc) is 3.08. The summed E-state index contributed by atoms with van der Waals surface area (Å²) in [6.45, 7) is 2.65. The molecule has 0 aromatic heterocycles. The maximum absolute atomic E-state index is 13.0. The minimum atomic E-state index is -4.48. The van der Waals surface area contributed by atoms with Gasteiger partial charge >= 0.3 is 6.18 Å². The second kappa shape index (κ2) is 8.78. The topological polar surface area (TPSA) is 47.6 Å². The molecule has 4 rings (SSSR count). The van der Waals surface area contributed by atoms with Crippen molar-refractivity contribution < 1.29 is 27.4 Å². The van der Waals surface area contributed by atoms with Gasteiger partial charge < -0.3 is 14.8 Å². The fourth-order valence-corrected chi connectivity index (χ4v) is 3.42. The van der Waals surface area contributed by atoms with Gasteiger partial charge in [0.2, 0.25) is 0 Å². The van der Waals surface area contributed by atoms with Gasteiger partial charge in [-0.1, -0.05) is 42.5 Å². The molecule has 0 saturated carbocycles. The predicted octanol–water partition coefficient (Wildman–Crippen LogP) is 6.18. The molecular weight excluding hydrogens is 419 g/mol. The van der Waals surface area contributed by atoms with Crippen molar-refractivity contribution in [3.63, 3.8) is 0 Å². The van der Waals surface area contributed by atoms with E-state index in [0.717, 1.165) is 17.7 Å². The lowest BCUT2D eigenvalue weighted by Gasteiger charge is -2.13. The van der Waals surface area contributed by atoms with Crippen molar-refractivity contribution in [2.24, 2.45) is 0 Å². The lowest BCUT2D eigenvalue weighted by atomic mass is 10.0. The minimum Gasteiger partial charge on any atom is -0.490 e. The van der Waals surface area contributed by atoms with Crippen LogP contribution in [0, 0.1) is 0 Å². The SMILES string of the molecule is CCOc1cc(C=C2C(=O)Nc3cc(C(F)(F)F)ccc32)ccc1OCc1ccccc1. The lowest BCUT2D eigenvalue weighted by molar-refractivity contribution is -0.137. The number of ether oxygens (including phenoxy) is 2. The summed E-state index contributed by atoms with van der Waals surface area (Å²) in [6.07, 6.45) is -2.86. The van der Waals surface area contributed by atoms with Crippen LogP contribution in [-0.4, -0.2) is 12.5 Å². The van der Waals surface area contributed by atoms with Crippen LogP contribution in [-0.2, 0) is 17.6 Å². The Labute approximate surface area is 183 Å². The summed E-state index contributed by atoms with van der Waals surface area (Å²) < 4.78 is 50.5. The van der Waals surface area contributed by atoms with Crippen molar-refractivity contribution in [3.05, 3.63) is 89.0 Å². The maximum Gasteiger partial charge on any atom is 0.416 e. The Balaban J connectivity index is 1.61. The molecule has 0 aliphatic carbocycles. The van der Waals surface area contributed by atoms with Crippen LogP contribution in [0.5, 0.6) is 11.5 Å². The second-order valence-corrected chi connectivity index (χ2v) is 7.18. The highest BCUT2D eigenvalue weighted by atomic mass is 19.4. The van der Waals surface area contributed by atoms with E-state index >= 15 is 0 Å². The number of benzene rings is 3. The normalized spacial score (nSPS) is 14.2. The first kappa shape index (κ1) is 21.5. The number of hydrogen-bond acceptors (Lipinski definition) is 3. The van der Waals surface area contributed by atoms with E-state index in [1.807, 2.05) is 37.3 Å². The molecule has 0 bridgehead atoms. The van der Waals surface area contributed by atoms with Crippen molar-refractivity contribution >= 4 is 23.2 Å². The predicted molar refractivity (Wildman–Crippen MR) is 116 cm³/mol. The number of amides is 1. The number of nitrogens with one attached hydrogen (secondary N) is 1. The third-order valence-corrected chi connectivity index (χ3v) is 4.95. The number of hydrogen-bond donors (Lipinski definition) is 1. The summed E-state index contributed by atoms with van der Waals surface area (Å²) in [7, 11) is 0. The van der Waals surface area contributed by atoms with E-state index < -0.39 is 17.6 Å². The summed E-state index contributed by atoms with van der Waals surface area (Å²) in [5.74, 6) is 0.620. The number of carbonyl (C=O) groups excluding carboxylic acids is 1. The van der Waals surface area contributed by atoms with Crippen molar-refractivity contribution in [1.29, 1.82) is 0 Å². The highest BCUT2D eigenvalue weighted by Crippen LogP contribution is 2.39. The molecule has 1 aliphatic rings. The fourth-order valence-electron chi connectivity index (χ4n) is 3.42. The molecule has 1 heterocycles. The molecule has 3 aromatic carbocycles. The monoisotopic (exact) mass is 439 g/mol. The number of carbonyl (C=O) groups is 1. The minimum absolute atomic E-state index is 0.143. The molecule has 4 nitrogen and oxygen atoms in total. The van der Waals surface area contributed by atoms with E-state index in [4.69, 9.17) is 9.47 Å². The van der Waals surface area contributed by atoms with Gasteiger partial charge in [-0.05, 0) is 48.4 Å². The van der Waals surface area contributed by atoms with Crippen molar-refractivity contribution in [3.8, 4) is 11.5 Å². The van der Waals surface area contributed by atoms with Crippen molar-refractivity contribution in [1.82, 2.24) is 0 Å². The van der Waals surface area contributed by atoms with E-state index in [1.165, 1.54) is 6.07 Å². The largest absolute Gasteiger partial charge is 0.490 e. The van der Waals surface area contributed by atoms with Crippen molar-refractivity contribution in [2.45, 2.75) is 19.7 Å². The zero-order valence-electron chi connectivity index (χ0n) is 17.2. The summed E-state index contributed by atoms with van der Waals surface area (Å²) in [5.41, 5.74) is 1.72. The molecule has 0 unspecified atom stereocenters. The van der Waals surface area contributed by atoms with Crippen LogP contribution < -0.4 is 14.8 Å². The smallest absolute Gasteiger partial charge is 0.416 e. The highest BCUT2D eigenvalue weighted by Gasteiger charge is 2.33. The van der Waals surface area contributed by atoms with Gasteiger partial charge in [-0.3, -0.25) is 4.79 Å². The number of fused-ring (bicyclic) bond motifs is 1. The fraction of sp³-hybridized carbons (Fsp3) is 0.160. The van der Waals surface area contributed by atoms with Gasteiger partial charge in [0.1, 0.15) is 6.61 Å². The number of anilines is 1. The van der Waals surface area contributed by atoms with Gasteiger partial charge in [0.15, 0.2) is 11.5 Å². The second-order valence-electron chi connectivity index (χ2n) is 7.18. The van der Waals surface area contributed by atoms with Gasteiger partial charge in [0.25, 0.3) is 5.91 Å². The molecule has 0 atom stereocenters. The molecule has 32 heavy (non-hydrogen) atoms. The van der Waals surface area contributed by atoms with E-state index in [0.29, 0.717) is 35.8 Å². The first-order chi connectivity index (χ1) is 15.3. The van der Waals surface area contributed by atoms with Crippen LogP contribution in [0.4, 0.5) is 18.9 Å². The Bertz CT molecular complexity index is 1170. The van der Waals surface area contributed by atoms with Crippen LogP contribution >= 0.6 is 0 Å². The summed E-state index contributed by atoms with van der Waals surface area (Å²) in [6, 6.07) is 18.2. The van der Waals surface area contributed by atoms with Gasteiger partial charge in [-0.25, -0.2) is 0 Å². The van der Waals surface area contributed by atoms with Crippen LogP contribution in [0.3, 0.4) is 0 Å². The molecule has 1 aliphatic heterocycles. The van der Waals surface area contributed by atoms with Gasteiger partial charge in [-0.2, -0.15) is 13.2 Å². The molecule has 1 amide bonds. The van der Waals surface area contributed by atoms with Crippen LogP contribution in [0.1, 0.15) is 29.2 Å². The Morgan fingerprint density at radius 3 is 2.44 bits per heavy atom. The number of alkyl halides is 3. The Hall–Kier alpha value is -3.74. The van der Waals surface area contributed by atoms with E-state index in [-0.39, 0.29) is 11.3 Å². The average molecular weight is 439 g/mol. The van der Waals surface area contributed by atoms with E-state index in [9.17, 15) is 18.0 Å². The third-order valence-electron chi connectivity index (χ3n) is 4.95. The molecule has 0 spiro atoms. The summed E-state index contributed by atoms with van der Waals surface area (Å²) in [4.78, 5) is 12.4. The molecular formula is C25H20F3NO3. The number of halogens is 3. The van der Waals surface area contributed by atoms with Crippen molar-refractivity contribution in [2.75, 3.05) is 11.9 Å². The standard InChI is InChI=1S/C25H20F3NO3/c1-2-31-23-13-17(8-11-22(23)32-15-16-6-4-3-5-7-16)12-20-19-10-9-18(25(26,27)28)14-21(19)29-24(20)30/h3-14H,2,15H2,1H3,(H,29,30). The van der Waals surface area contributed by atoms with E-state index in [1.54, 1.807) is 24.3 Å². The molecule has 0 radical (unpaired) electrons. The molecule has 3 aromatic rings. The first-order valence-electron chi connectivity index (χ1n) is 10.0. The quantitative estimate of drug-likeness (QED) is 0.467. The molecule has 0 saturated heterocycles. The zero-order chi connectivity index (χ0) is 22.7. The lowest BCUT2D eigenvalue weighted by Crippen LogP contribution is -2.06. The summed E-state index contributed by atoms with van der Waals surface area (Å²) in [5, 5.41) is 2.51. The molecule has 0 fully saturated rings. The van der Waals surface area contributed by atoms with Gasteiger partial charge in [0.05, 0.1) is 12.2 Å². The van der Waals surface area contributed by atoms with Gasteiger partial charge in [0, 0.05) is 16.8 Å². The first-order valence-corrected chi connectivity index (χ1v) is 10.0. The van der Waals surface area contributed by atoms with Crippen LogP contribution in [0.2, 0.25) is 0 Å². The number of rotatable bonds is 6. The Morgan fingerprint density at radius 2 is 1.72 bits per heavy atom. The van der Waals surface area contributed by atoms with Crippen LogP contribution in [0.15, 0.2) is 66.7 Å². The molecule has 1 N–H and O–H groups in total. The molecule has 7 heteroatoms. The maximum atomic E-state index is 13.0.